The Morgan fingerprint density at radius 1 is 0.731 bits per heavy atom. The van der Waals surface area contributed by atoms with Crippen LogP contribution in [0.15, 0.2) is 83.3 Å². The first-order valence-corrected chi connectivity index (χ1v) is 9.16. The van der Waals surface area contributed by atoms with Crippen LogP contribution in [0.3, 0.4) is 0 Å². The molecule has 2 nitrogen and oxygen atoms in total. The summed E-state index contributed by atoms with van der Waals surface area (Å²) < 4.78 is 6.14. The third-order valence-electron chi connectivity index (χ3n) is 4.53. The predicted molar refractivity (Wildman–Crippen MR) is 107 cm³/mol. The minimum atomic E-state index is 0.701. The fourth-order valence-corrected chi connectivity index (χ4v) is 3.33. The number of benzene rings is 3. The number of fused-ring (bicyclic) bond motifs is 1. The van der Waals surface area contributed by atoms with Gasteiger partial charge in [0.2, 0.25) is 0 Å². The average Bonchev–Trinajstić information content (AvgIpc) is 3.02. The van der Waals surface area contributed by atoms with Crippen LogP contribution in [0.1, 0.15) is 22.5 Å². The molecule has 0 spiro atoms. The molecule has 4 rings (SSSR count). The molecule has 0 aliphatic carbocycles. The van der Waals surface area contributed by atoms with Crippen LogP contribution in [0.5, 0.6) is 0 Å². The van der Waals surface area contributed by atoms with E-state index in [0.717, 1.165) is 29.3 Å². The van der Waals surface area contributed by atoms with E-state index >= 15 is 0 Å². The molecule has 3 heteroatoms. The van der Waals surface area contributed by atoms with E-state index in [1.807, 2.05) is 30.3 Å². The van der Waals surface area contributed by atoms with Crippen molar-refractivity contribution in [1.82, 2.24) is 5.32 Å². The van der Waals surface area contributed by atoms with Crippen molar-refractivity contribution in [3.05, 3.63) is 106 Å². The molecular formula is C23H20ClNO. The van der Waals surface area contributed by atoms with Crippen LogP contribution in [-0.4, -0.2) is 0 Å². The molecule has 1 aromatic heterocycles. The van der Waals surface area contributed by atoms with Crippen LogP contribution in [0.4, 0.5) is 0 Å². The standard InChI is InChI=1S/C23H20ClNO/c24-19-12-10-17(11-13-19)14-21-20-8-4-5-9-22(20)26-23(21)16-25-15-18-6-2-1-3-7-18/h1-13,25H,14-16H2. The van der Waals surface area contributed by atoms with Crippen molar-refractivity contribution >= 4 is 22.6 Å². The Morgan fingerprint density at radius 3 is 2.27 bits per heavy atom. The fraction of sp³-hybridized carbons (Fsp3) is 0.130. The van der Waals surface area contributed by atoms with E-state index in [1.54, 1.807) is 0 Å². The molecule has 1 N–H and O–H groups in total. The van der Waals surface area contributed by atoms with Gasteiger partial charge in [0.05, 0.1) is 6.54 Å². The molecule has 0 aliphatic rings. The van der Waals surface area contributed by atoms with Crippen molar-refractivity contribution in [2.45, 2.75) is 19.5 Å². The van der Waals surface area contributed by atoms with Gasteiger partial charge >= 0.3 is 0 Å². The van der Waals surface area contributed by atoms with E-state index in [2.05, 4.69) is 53.8 Å². The molecular weight excluding hydrogens is 342 g/mol. The summed E-state index contributed by atoms with van der Waals surface area (Å²) in [6.45, 7) is 1.52. The number of para-hydroxylation sites is 1. The molecule has 1 heterocycles. The third-order valence-corrected chi connectivity index (χ3v) is 4.79. The molecule has 0 bridgehead atoms. The summed E-state index contributed by atoms with van der Waals surface area (Å²) in [5.74, 6) is 0.997. The second-order valence-electron chi connectivity index (χ2n) is 6.39. The van der Waals surface area contributed by atoms with E-state index in [4.69, 9.17) is 16.0 Å². The van der Waals surface area contributed by atoms with E-state index in [0.29, 0.717) is 6.54 Å². The maximum atomic E-state index is 6.14. The zero-order valence-corrected chi connectivity index (χ0v) is 15.2. The molecule has 0 aliphatic heterocycles. The Morgan fingerprint density at radius 2 is 1.46 bits per heavy atom. The van der Waals surface area contributed by atoms with Gasteiger partial charge in [0.1, 0.15) is 11.3 Å². The Hall–Kier alpha value is -2.55. The highest BCUT2D eigenvalue weighted by molar-refractivity contribution is 6.30. The van der Waals surface area contributed by atoms with Crippen LogP contribution in [0.2, 0.25) is 5.02 Å². The average molecular weight is 362 g/mol. The molecule has 0 saturated carbocycles. The number of halogens is 1. The van der Waals surface area contributed by atoms with Crippen LogP contribution >= 0.6 is 11.6 Å². The summed E-state index contributed by atoms with van der Waals surface area (Å²) >= 11 is 6.02. The second-order valence-corrected chi connectivity index (χ2v) is 6.83. The smallest absolute Gasteiger partial charge is 0.134 e. The molecule has 0 atom stereocenters. The number of rotatable bonds is 6. The zero-order valence-electron chi connectivity index (χ0n) is 14.4. The number of nitrogens with one attached hydrogen (secondary N) is 1. The molecule has 26 heavy (non-hydrogen) atoms. The van der Waals surface area contributed by atoms with Gasteiger partial charge in [-0.25, -0.2) is 0 Å². The zero-order chi connectivity index (χ0) is 17.8. The lowest BCUT2D eigenvalue weighted by Gasteiger charge is -2.06. The van der Waals surface area contributed by atoms with Crippen LogP contribution in [-0.2, 0) is 19.5 Å². The third kappa shape index (κ3) is 3.82. The van der Waals surface area contributed by atoms with E-state index in [-0.39, 0.29) is 0 Å². The highest BCUT2D eigenvalue weighted by atomic mass is 35.5. The van der Waals surface area contributed by atoms with Crippen molar-refractivity contribution in [1.29, 1.82) is 0 Å². The SMILES string of the molecule is Clc1ccc(Cc2c(CNCc3ccccc3)oc3ccccc23)cc1. The van der Waals surface area contributed by atoms with Gasteiger partial charge in [-0.05, 0) is 29.3 Å². The summed E-state index contributed by atoms with van der Waals surface area (Å²) in [5.41, 5.74) is 4.67. The largest absolute Gasteiger partial charge is 0.459 e. The van der Waals surface area contributed by atoms with Gasteiger partial charge < -0.3 is 9.73 Å². The van der Waals surface area contributed by atoms with Crippen molar-refractivity contribution in [3.8, 4) is 0 Å². The van der Waals surface area contributed by atoms with Crippen LogP contribution < -0.4 is 5.32 Å². The van der Waals surface area contributed by atoms with Gasteiger partial charge in [-0.15, -0.1) is 0 Å². The molecule has 0 radical (unpaired) electrons. The topological polar surface area (TPSA) is 25.2 Å². The van der Waals surface area contributed by atoms with Crippen molar-refractivity contribution in [3.63, 3.8) is 0 Å². The molecule has 4 aromatic rings. The highest BCUT2D eigenvalue weighted by Crippen LogP contribution is 2.28. The van der Waals surface area contributed by atoms with Gasteiger partial charge in [-0.3, -0.25) is 0 Å². The van der Waals surface area contributed by atoms with E-state index < -0.39 is 0 Å². The Labute approximate surface area is 158 Å². The van der Waals surface area contributed by atoms with Gasteiger partial charge in [-0.1, -0.05) is 72.3 Å². The van der Waals surface area contributed by atoms with E-state index in [1.165, 1.54) is 22.1 Å². The second kappa shape index (κ2) is 7.77. The fourth-order valence-electron chi connectivity index (χ4n) is 3.21. The van der Waals surface area contributed by atoms with Crippen molar-refractivity contribution < 1.29 is 4.42 Å². The summed E-state index contributed by atoms with van der Waals surface area (Å²) in [6, 6.07) is 26.7. The number of hydrogen-bond donors (Lipinski definition) is 1. The molecule has 0 fully saturated rings. The molecule has 130 valence electrons. The van der Waals surface area contributed by atoms with Crippen LogP contribution in [0, 0.1) is 0 Å². The first kappa shape index (κ1) is 16.9. The summed E-state index contributed by atoms with van der Waals surface area (Å²) in [5, 5.41) is 5.44. The molecule has 0 amide bonds. The van der Waals surface area contributed by atoms with Crippen molar-refractivity contribution in [2.24, 2.45) is 0 Å². The quantitative estimate of drug-likeness (QED) is 0.458. The number of furan rings is 1. The summed E-state index contributed by atoms with van der Waals surface area (Å²) in [4.78, 5) is 0. The Kier molecular flexibility index (Phi) is 5.05. The minimum absolute atomic E-state index is 0.701. The van der Waals surface area contributed by atoms with Crippen LogP contribution in [0.25, 0.3) is 11.0 Å². The van der Waals surface area contributed by atoms with Gasteiger partial charge in [0.25, 0.3) is 0 Å². The normalized spacial score (nSPS) is 11.1. The monoisotopic (exact) mass is 361 g/mol. The highest BCUT2D eigenvalue weighted by Gasteiger charge is 2.14. The first-order valence-electron chi connectivity index (χ1n) is 8.78. The lowest BCUT2D eigenvalue weighted by molar-refractivity contribution is 0.508. The summed E-state index contributed by atoms with van der Waals surface area (Å²) in [7, 11) is 0. The lowest BCUT2D eigenvalue weighted by Crippen LogP contribution is -2.13. The van der Waals surface area contributed by atoms with Gasteiger partial charge in [0.15, 0.2) is 0 Å². The first-order chi connectivity index (χ1) is 12.8. The summed E-state index contributed by atoms with van der Waals surface area (Å²) in [6.07, 6.45) is 0.830. The predicted octanol–water partition coefficient (Wildman–Crippen LogP) is 5.97. The molecule has 0 saturated heterocycles. The van der Waals surface area contributed by atoms with Crippen molar-refractivity contribution in [2.75, 3.05) is 0 Å². The minimum Gasteiger partial charge on any atom is -0.459 e. The molecule has 0 unspecified atom stereocenters. The maximum absolute atomic E-state index is 6.14. The molecule has 3 aromatic carbocycles. The van der Waals surface area contributed by atoms with Gasteiger partial charge in [0, 0.05) is 28.9 Å². The van der Waals surface area contributed by atoms with Gasteiger partial charge in [-0.2, -0.15) is 0 Å². The van der Waals surface area contributed by atoms with E-state index in [9.17, 15) is 0 Å². The maximum Gasteiger partial charge on any atom is 0.134 e. The Balaban J connectivity index is 1.58. The lowest BCUT2D eigenvalue weighted by atomic mass is 10.0. The number of hydrogen-bond acceptors (Lipinski definition) is 2. The Bertz CT molecular complexity index is 990.